The van der Waals surface area contributed by atoms with Crippen molar-refractivity contribution in [2.24, 2.45) is 5.41 Å². The maximum atomic E-state index is 8.98. The van der Waals surface area contributed by atoms with Crippen LogP contribution in [0, 0.1) is 23.7 Å². The van der Waals surface area contributed by atoms with Crippen LogP contribution in [0.15, 0.2) is 12.1 Å². The van der Waals surface area contributed by atoms with Crippen molar-refractivity contribution in [1.29, 1.82) is 5.26 Å². The minimum Gasteiger partial charge on any atom is -0.493 e. The zero-order chi connectivity index (χ0) is 15.3. The van der Waals surface area contributed by atoms with Crippen molar-refractivity contribution in [2.45, 2.75) is 53.4 Å². The van der Waals surface area contributed by atoms with Crippen LogP contribution in [0.1, 0.15) is 57.6 Å². The van der Waals surface area contributed by atoms with Crippen molar-refractivity contribution in [3.8, 4) is 11.8 Å². The van der Waals surface area contributed by atoms with Gasteiger partial charge in [0, 0.05) is 5.02 Å². The molecule has 0 aliphatic carbocycles. The number of hydrogen-bond donors (Lipinski definition) is 0. The van der Waals surface area contributed by atoms with E-state index >= 15 is 0 Å². The Bertz CT molecular complexity index is 500. The van der Waals surface area contributed by atoms with E-state index in [-0.39, 0.29) is 5.41 Å². The fraction of sp³-hybridized carbons (Fsp3) is 0.588. The van der Waals surface area contributed by atoms with E-state index in [9.17, 15) is 0 Å². The summed E-state index contributed by atoms with van der Waals surface area (Å²) in [5.41, 5.74) is 1.89. The lowest BCUT2D eigenvalue weighted by atomic mass is 9.90. The zero-order valence-electron chi connectivity index (χ0n) is 13.1. The molecular weight excluding hydrogens is 270 g/mol. The van der Waals surface area contributed by atoms with Crippen LogP contribution in [0.2, 0.25) is 5.02 Å². The predicted octanol–water partition coefficient (Wildman–Crippen LogP) is 5.48. The number of halogens is 1. The first-order valence-electron chi connectivity index (χ1n) is 7.11. The van der Waals surface area contributed by atoms with E-state index in [1.807, 2.05) is 32.9 Å². The number of nitriles is 1. The molecule has 0 saturated heterocycles. The molecule has 20 heavy (non-hydrogen) atoms. The molecule has 0 fully saturated rings. The summed E-state index contributed by atoms with van der Waals surface area (Å²) in [5, 5.41) is 9.78. The van der Waals surface area contributed by atoms with E-state index in [4.69, 9.17) is 21.6 Å². The van der Waals surface area contributed by atoms with Crippen LogP contribution in [0.4, 0.5) is 0 Å². The molecular formula is C17H24ClNO. The molecule has 1 aromatic rings. The Balaban J connectivity index is 2.65. The Kier molecular flexibility index (Phi) is 5.89. The normalized spacial score (nSPS) is 11.5. The Hall–Kier alpha value is -1.20. The van der Waals surface area contributed by atoms with E-state index < -0.39 is 0 Å². The van der Waals surface area contributed by atoms with Crippen LogP contribution < -0.4 is 4.74 Å². The van der Waals surface area contributed by atoms with E-state index in [2.05, 4.69) is 19.9 Å². The molecule has 2 nitrogen and oxygen atoms in total. The molecule has 0 saturated carbocycles. The number of nitrogens with zero attached hydrogens (tertiary/aromatic N) is 1. The number of hydrogen-bond acceptors (Lipinski definition) is 2. The minimum absolute atomic E-state index is 0.276. The molecule has 0 aliphatic heterocycles. The highest BCUT2D eigenvalue weighted by atomic mass is 35.5. The third kappa shape index (κ3) is 4.72. The molecule has 110 valence electrons. The van der Waals surface area contributed by atoms with Gasteiger partial charge in [-0.3, -0.25) is 0 Å². The SMILES string of the molecule is Cc1cc(Cl)c(C(C)C)cc1OCCCC(C)(C)C#N. The fourth-order valence-electron chi connectivity index (χ4n) is 2.02. The molecule has 1 rings (SSSR count). The summed E-state index contributed by atoms with van der Waals surface area (Å²) in [6.07, 6.45) is 1.72. The molecule has 0 spiro atoms. The first-order chi connectivity index (χ1) is 9.26. The second kappa shape index (κ2) is 6.99. The molecule has 0 aromatic heterocycles. The molecule has 0 radical (unpaired) electrons. The predicted molar refractivity (Wildman–Crippen MR) is 84.4 cm³/mol. The summed E-state index contributed by atoms with van der Waals surface area (Å²) in [5.74, 6) is 1.27. The third-order valence-electron chi connectivity index (χ3n) is 3.42. The maximum absolute atomic E-state index is 8.98. The van der Waals surface area contributed by atoms with Crippen LogP contribution in [-0.4, -0.2) is 6.61 Å². The largest absolute Gasteiger partial charge is 0.493 e. The summed E-state index contributed by atoms with van der Waals surface area (Å²) >= 11 is 6.24. The van der Waals surface area contributed by atoms with Gasteiger partial charge in [0.05, 0.1) is 18.1 Å². The zero-order valence-corrected chi connectivity index (χ0v) is 13.8. The lowest BCUT2D eigenvalue weighted by Crippen LogP contribution is -2.10. The van der Waals surface area contributed by atoms with Gasteiger partial charge in [0.2, 0.25) is 0 Å². The maximum Gasteiger partial charge on any atom is 0.122 e. The van der Waals surface area contributed by atoms with E-state index in [1.165, 1.54) is 0 Å². The number of benzene rings is 1. The van der Waals surface area contributed by atoms with Gasteiger partial charge in [-0.25, -0.2) is 0 Å². The Morgan fingerprint density at radius 3 is 2.55 bits per heavy atom. The summed E-state index contributed by atoms with van der Waals surface area (Å²) in [6, 6.07) is 6.31. The molecule has 0 heterocycles. The second-order valence-corrected chi connectivity index (χ2v) is 6.65. The van der Waals surface area contributed by atoms with Crippen LogP contribution in [0.3, 0.4) is 0 Å². The smallest absolute Gasteiger partial charge is 0.122 e. The average molecular weight is 294 g/mol. The molecule has 0 bridgehead atoms. The Labute approximate surface area is 127 Å². The molecule has 3 heteroatoms. The van der Waals surface area contributed by atoms with E-state index in [0.29, 0.717) is 12.5 Å². The van der Waals surface area contributed by atoms with Crippen molar-refractivity contribution >= 4 is 11.6 Å². The van der Waals surface area contributed by atoms with Crippen LogP contribution in [-0.2, 0) is 0 Å². The summed E-state index contributed by atoms with van der Waals surface area (Å²) < 4.78 is 5.85. The summed E-state index contributed by atoms with van der Waals surface area (Å²) in [6.45, 7) is 10.8. The Morgan fingerprint density at radius 2 is 2.00 bits per heavy atom. The molecule has 0 atom stereocenters. The average Bonchev–Trinajstić information content (AvgIpc) is 2.36. The highest BCUT2D eigenvalue weighted by Crippen LogP contribution is 2.31. The third-order valence-corrected chi connectivity index (χ3v) is 3.75. The molecule has 0 N–H and O–H groups in total. The van der Waals surface area contributed by atoms with Gasteiger partial charge in [0.15, 0.2) is 0 Å². The molecule has 1 aromatic carbocycles. The van der Waals surface area contributed by atoms with Gasteiger partial charge < -0.3 is 4.74 Å². The monoisotopic (exact) mass is 293 g/mol. The molecule has 0 aliphatic rings. The quantitative estimate of drug-likeness (QED) is 0.651. The lowest BCUT2D eigenvalue weighted by molar-refractivity contribution is 0.282. The van der Waals surface area contributed by atoms with Crippen LogP contribution >= 0.6 is 11.6 Å². The second-order valence-electron chi connectivity index (χ2n) is 6.24. The molecule has 0 amide bonds. The Morgan fingerprint density at radius 1 is 1.35 bits per heavy atom. The van der Waals surface area contributed by atoms with Gasteiger partial charge in [-0.1, -0.05) is 25.4 Å². The van der Waals surface area contributed by atoms with Gasteiger partial charge in [-0.15, -0.1) is 0 Å². The minimum atomic E-state index is -0.276. The van der Waals surface area contributed by atoms with Gasteiger partial charge in [0.25, 0.3) is 0 Å². The van der Waals surface area contributed by atoms with Gasteiger partial charge >= 0.3 is 0 Å². The van der Waals surface area contributed by atoms with E-state index in [0.717, 1.165) is 34.7 Å². The van der Waals surface area contributed by atoms with Crippen molar-refractivity contribution in [1.82, 2.24) is 0 Å². The highest BCUT2D eigenvalue weighted by molar-refractivity contribution is 6.31. The number of rotatable bonds is 6. The first-order valence-corrected chi connectivity index (χ1v) is 7.48. The first kappa shape index (κ1) is 16.9. The van der Waals surface area contributed by atoms with Crippen molar-refractivity contribution in [2.75, 3.05) is 6.61 Å². The van der Waals surface area contributed by atoms with Crippen molar-refractivity contribution in [3.05, 3.63) is 28.3 Å². The summed E-state index contributed by atoms with van der Waals surface area (Å²) in [7, 11) is 0. The van der Waals surface area contributed by atoms with Crippen LogP contribution in [0.5, 0.6) is 5.75 Å². The number of aryl methyl sites for hydroxylation is 1. The highest BCUT2D eigenvalue weighted by Gasteiger charge is 2.16. The van der Waals surface area contributed by atoms with E-state index in [1.54, 1.807) is 0 Å². The standard InChI is InChI=1S/C17H24ClNO/c1-12(2)14-10-16(13(3)9-15(14)18)20-8-6-7-17(4,5)11-19/h9-10,12H,6-8H2,1-5H3. The lowest BCUT2D eigenvalue weighted by Gasteiger charge is -2.17. The van der Waals surface area contributed by atoms with Gasteiger partial charge in [-0.05, 0) is 62.8 Å². The van der Waals surface area contributed by atoms with Crippen molar-refractivity contribution in [3.63, 3.8) is 0 Å². The van der Waals surface area contributed by atoms with Gasteiger partial charge in [-0.2, -0.15) is 5.26 Å². The number of ether oxygens (including phenoxy) is 1. The fourth-order valence-corrected chi connectivity index (χ4v) is 2.46. The summed E-state index contributed by atoms with van der Waals surface area (Å²) in [4.78, 5) is 0. The van der Waals surface area contributed by atoms with Gasteiger partial charge in [0.1, 0.15) is 5.75 Å². The van der Waals surface area contributed by atoms with Crippen LogP contribution in [0.25, 0.3) is 0 Å². The van der Waals surface area contributed by atoms with Crippen molar-refractivity contribution < 1.29 is 4.74 Å². The topological polar surface area (TPSA) is 33.0 Å². The molecule has 0 unspecified atom stereocenters.